The van der Waals surface area contributed by atoms with Crippen molar-refractivity contribution in [2.75, 3.05) is 13.2 Å². The monoisotopic (exact) mass is 949 g/mol. The van der Waals surface area contributed by atoms with E-state index in [0.29, 0.717) is 12.8 Å². The molecule has 0 amide bonds. The number of rotatable bonds is 46. The summed E-state index contributed by atoms with van der Waals surface area (Å²) < 4.78 is 16.7. The van der Waals surface area contributed by atoms with Gasteiger partial charge in [-0.2, -0.15) is 0 Å². The topological polar surface area (TPSA) is 78.9 Å². The minimum absolute atomic E-state index is 0.128. The molecule has 0 saturated heterocycles. The van der Waals surface area contributed by atoms with Crippen molar-refractivity contribution < 1.29 is 28.6 Å². The molecule has 0 rings (SSSR count). The van der Waals surface area contributed by atoms with E-state index < -0.39 is 6.10 Å². The van der Waals surface area contributed by atoms with E-state index in [1.807, 2.05) is 0 Å². The molecule has 384 valence electrons. The lowest BCUT2D eigenvalue weighted by Gasteiger charge is -2.18. The lowest BCUT2D eigenvalue weighted by Crippen LogP contribution is -2.30. The molecule has 0 aliphatic heterocycles. The standard InChI is InChI=1S/C63H96O6/c1-4-7-10-13-16-19-22-25-28-30-31-33-36-38-41-44-47-50-53-56-62(65)68-59-60(69-63(66)57-54-51-48-45-42-39-34-27-24-21-18-15-12-9-6-3)58-67-61(64)55-52-49-46-43-40-37-35-32-29-26-23-20-17-14-11-8-5-2/h7-12,16-21,25-29,31,33-35,37-38,41,43,46,60H,4-6,13-15,22-24,30,32,36,39-40,42,44-45,47-59H2,1-3H3/b10-7-,11-8-,12-9-,19-16-,20-17-,21-18-,28-25-,29-26-,33-31-,34-27-,37-35-,41-38-,46-43-/t60-/m0/s1. The fraction of sp³-hybridized carbons (Fsp3) is 0.540. The summed E-state index contributed by atoms with van der Waals surface area (Å²) in [7, 11) is 0. The van der Waals surface area contributed by atoms with E-state index in [-0.39, 0.29) is 44.0 Å². The smallest absolute Gasteiger partial charge is 0.306 e. The van der Waals surface area contributed by atoms with Gasteiger partial charge in [0, 0.05) is 19.3 Å². The maximum atomic E-state index is 12.8. The third kappa shape index (κ3) is 53.8. The Morgan fingerprint density at radius 2 is 0.536 bits per heavy atom. The highest BCUT2D eigenvalue weighted by Gasteiger charge is 2.19. The quantitative estimate of drug-likeness (QED) is 0.0262. The van der Waals surface area contributed by atoms with Crippen molar-refractivity contribution in [3.05, 3.63) is 158 Å². The minimum atomic E-state index is -0.832. The summed E-state index contributed by atoms with van der Waals surface area (Å²) in [6.45, 7) is 6.18. The van der Waals surface area contributed by atoms with Gasteiger partial charge < -0.3 is 14.2 Å². The van der Waals surface area contributed by atoms with Crippen LogP contribution in [0.5, 0.6) is 0 Å². The van der Waals surface area contributed by atoms with Crippen LogP contribution in [0.2, 0.25) is 0 Å². The van der Waals surface area contributed by atoms with E-state index in [0.717, 1.165) is 154 Å². The van der Waals surface area contributed by atoms with Gasteiger partial charge in [-0.25, -0.2) is 0 Å². The molecule has 0 aromatic carbocycles. The second-order valence-corrected chi connectivity index (χ2v) is 17.0. The van der Waals surface area contributed by atoms with Crippen molar-refractivity contribution in [1.29, 1.82) is 0 Å². The lowest BCUT2D eigenvalue weighted by atomic mass is 10.1. The van der Waals surface area contributed by atoms with Crippen molar-refractivity contribution in [3.63, 3.8) is 0 Å². The molecule has 1 atom stereocenters. The largest absolute Gasteiger partial charge is 0.462 e. The molecule has 0 aromatic rings. The van der Waals surface area contributed by atoms with Gasteiger partial charge >= 0.3 is 17.9 Å². The van der Waals surface area contributed by atoms with Crippen molar-refractivity contribution >= 4 is 17.9 Å². The molecule has 0 fully saturated rings. The molecule has 6 nitrogen and oxygen atoms in total. The van der Waals surface area contributed by atoms with Gasteiger partial charge in [-0.3, -0.25) is 14.4 Å². The van der Waals surface area contributed by atoms with Crippen LogP contribution in [0.1, 0.15) is 201 Å². The molecule has 6 heteroatoms. The highest BCUT2D eigenvalue weighted by molar-refractivity contribution is 5.71. The van der Waals surface area contributed by atoms with E-state index in [4.69, 9.17) is 14.2 Å². The first-order chi connectivity index (χ1) is 34.0. The van der Waals surface area contributed by atoms with Crippen LogP contribution in [0.4, 0.5) is 0 Å². The maximum Gasteiger partial charge on any atom is 0.306 e. The summed E-state index contributed by atoms with van der Waals surface area (Å²) in [5, 5.41) is 0. The van der Waals surface area contributed by atoms with Crippen LogP contribution in [0.25, 0.3) is 0 Å². The highest BCUT2D eigenvalue weighted by atomic mass is 16.6. The van der Waals surface area contributed by atoms with Crippen LogP contribution in [-0.4, -0.2) is 37.2 Å². The fourth-order valence-electron chi connectivity index (χ4n) is 6.58. The first kappa shape index (κ1) is 64.0. The predicted molar refractivity (Wildman–Crippen MR) is 297 cm³/mol. The molecule has 0 aromatic heterocycles. The molecule has 0 saturated carbocycles. The molecule has 0 bridgehead atoms. The van der Waals surface area contributed by atoms with Crippen LogP contribution in [0.3, 0.4) is 0 Å². The highest BCUT2D eigenvalue weighted by Crippen LogP contribution is 2.12. The molecule has 0 heterocycles. The third-order valence-electron chi connectivity index (χ3n) is 10.5. The van der Waals surface area contributed by atoms with E-state index >= 15 is 0 Å². The Balaban J connectivity index is 4.60. The normalized spacial score (nSPS) is 13.4. The van der Waals surface area contributed by atoms with Crippen LogP contribution in [-0.2, 0) is 28.6 Å². The molecule has 0 radical (unpaired) electrons. The van der Waals surface area contributed by atoms with Gasteiger partial charge in [0.25, 0.3) is 0 Å². The van der Waals surface area contributed by atoms with E-state index in [1.54, 1.807) is 0 Å². The molecule has 0 N–H and O–H groups in total. The zero-order valence-corrected chi connectivity index (χ0v) is 43.8. The van der Waals surface area contributed by atoms with E-state index in [9.17, 15) is 14.4 Å². The number of allylic oxidation sites excluding steroid dienone is 26. The second-order valence-electron chi connectivity index (χ2n) is 17.0. The molecule has 0 aliphatic rings. The molecule has 0 spiro atoms. The summed E-state index contributed by atoms with van der Waals surface area (Å²) in [5.41, 5.74) is 0. The molecule has 0 aliphatic carbocycles. The summed E-state index contributed by atoms with van der Waals surface area (Å²) in [6.07, 6.45) is 80.9. The van der Waals surface area contributed by atoms with Gasteiger partial charge in [-0.05, 0) is 135 Å². The van der Waals surface area contributed by atoms with Gasteiger partial charge in [-0.15, -0.1) is 0 Å². The minimum Gasteiger partial charge on any atom is -0.462 e. The Morgan fingerprint density at radius 3 is 0.884 bits per heavy atom. The number of carbonyl (C=O) groups excluding carboxylic acids is 3. The summed E-state index contributed by atoms with van der Waals surface area (Å²) in [6, 6.07) is 0. The van der Waals surface area contributed by atoms with Gasteiger partial charge in [0.15, 0.2) is 6.10 Å². The van der Waals surface area contributed by atoms with Crippen molar-refractivity contribution in [2.45, 2.75) is 207 Å². The van der Waals surface area contributed by atoms with Gasteiger partial charge in [0.05, 0.1) is 0 Å². The first-order valence-electron chi connectivity index (χ1n) is 27.0. The van der Waals surface area contributed by atoms with Crippen LogP contribution in [0.15, 0.2) is 158 Å². The van der Waals surface area contributed by atoms with Crippen LogP contribution >= 0.6 is 0 Å². The van der Waals surface area contributed by atoms with Gasteiger partial charge in [-0.1, -0.05) is 204 Å². The second kappa shape index (κ2) is 55.6. The van der Waals surface area contributed by atoms with Crippen LogP contribution < -0.4 is 0 Å². The number of unbranched alkanes of at least 4 members (excludes halogenated alkanes) is 9. The van der Waals surface area contributed by atoms with E-state index in [1.165, 1.54) is 0 Å². The van der Waals surface area contributed by atoms with E-state index in [2.05, 4.69) is 179 Å². The number of esters is 3. The van der Waals surface area contributed by atoms with Crippen molar-refractivity contribution in [1.82, 2.24) is 0 Å². The average Bonchev–Trinajstić information content (AvgIpc) is 3.35. The van der Waals surface area contributed by atoms with Crippen LogP contribution in [0, 0.1) is 0 Å². The zero-order valence-electron chi connectivity index (χ0n) is 43.8. The zero-order chi connectivity index (χ0) is 50.0. The molecular formula is C63H96O6. The summed E-state index contributed by atoms with van der Waals surface area (Å²) >= 11 is 0. The Labute approximate surface area is 422 Å². The maximum absolute atomic E-state index is 12.8. The Morgan fingerprint density at radius 1 is 0.290 bits per heavy atom. The Hall–Kier alpha value is -4.97. The number of ether oxygens (including phenoxy) is 3. The molecule has 0 unspecified atom stereocenters. The predicted octanol–water partition coefficient (Wildman–Crippen LogP) is 18.2. The summed E-state index contributed by atoms with van der Waals surface area (Å²) in [5.74, 6) is -1.05. The summed E-state index contributed by atoms with van der Waals surface area (Å²) in [4.78, 5) is 38.1. The van der Waals surface area contributed by atoms with Crippen molar-refractivity contribution in [2.24, 2.45) is 0 Å². The fourth-order valence-corrected chi connectivity index (χ4v) is 6.58. The molecular weight excluding hydrogens is 853 g/mol. The number of carbonyl (C=O) groups is 3. The Kier molecular flexibility index (Phi) is 51.6. The lowest BCUT2D eigenvalue weighted by molar-refractivity contribution is -0.167. The first-order valence-corrected chi connectivity index (χ1v) is 27.0. The number of hydrogen-bond donors (Lipinski definition) is 0. The van der Waals surface area contributed by atoms with Crippen molar-refractivity contribution in [3.8, 4) is 0 Å². The average molecular weight is 949 g/mol. The van der Waals surface area contributed by atoms with Gasteiger partial charge in [0.1, 0.15) is 13.2 Å². The SMILES string of the molecule is CC/C=C\C/C=C\C/C=C\C/C=C\C/C=C\CCCCCC(=O)OC[C@H](COC(=O)CCC/C=C\C/C=C\C/C=C\C/C=C\C/C=C\CC)OC(=O)CCCCCCC/C=C\C/C=C\C/C=C\CC. The third-order valence-corrected chi connectivity index (χ3v) is 10.5. The molecule has 69 heavy (non-hydrogen) atoms. The Bertz CT molecular complexity index is 1610. The van der Waals surface area contributed by atoms with Gasteiger partial charge in [0.2, 0.25) is 0 Å². The number of hydrogen-bond acceptors (Lipinski definition) is 6.